The quantitative estimate of drug-likeness (QED) is 0.652. The van der Waals surface area contributed by atoms with Crippen molar-refractivity contribution in [2.75, 3.05) is 6.54 Å². The average molecular weight is 183 g/mol. The summed E-state index contributed by atoms with van der Waals surface area (Å²) in [4.78, 5) is 13.3. The van der Waals surface area contributed by atoms with Crippen LogP contribution in [-0.2, 0) is 4.79 Å². The molecule has 13 heavy (non-hydrogen) atoms. The van der Waals surface area contributed by atoms with Gasteiger partial charge in [-0.3, -0.25) is 4.79 Å². The lowest BCUT2D eigenvalue weighted by atomic mass is 9.89. The number of piperidine rings is 1. The summed E-state index contributed by atoms with van der Waals surface area (Å²) in [7, 11) is 0. The number of rotatable bonds is 1. The summed E-state index contributed by atoms with van der Waals surface area (Å²) in [5.41, 5.74) is 0. The third-order valence-electron chi connectivity index (χ3n) is 3.43. The van der Waals surface area contributed by atoms with E-state index < -0.39 is 0 Å². The van der Waals surface area contributed by atoms with Crippen LogP contribution in [0.15, 0.2) is 0 Å². The predicted octanol–water partition coefficient (Wildman–Crippen LogP) is 0.768. The van der Waals surface area contributed by atoms with Gasteiger partial charge in [0.05, 0.1) is 12.1 Å². The van der Waals surface area contributed by atoms with E-state index in [9.17, 15) is 9.90 Å². The first-order chi connectivity index (χ1) is 6.22. The van der Waals surface area contributed by atoms with Crippen molar-refractivity contribution in [2.45, 2.75) is 44.8 Å². The van der Waals surface area contributed by atoms with Crippen LogP contribution in [0.4, 0.5) is 0 Å². The third kappa shape index (κ3) is 1.46. The summed E-state index contributed by atoms with van der Waals surface area (Å²) >= 11 is 0. The van der Waals surface area contributed by atoms with Crippen molar-refractivity contribution in [1.29, 1.82) is 0 Å². The molecule has 0 spiro atoms. The highest BCUT2D eigenvalue weighted by atomic mass is 16.3. The summed E-state index contributed by atoms with van der Waals surface area (Å²) in [6.45, 7) is 3.00. The summed E-state index contributed by atoms with van der Waals surface area (Å²) in [6, 6.07) is 0.135. The Balaban J connectivity index is 2.09. The van der Waals surface area contributed by atoms with Crippen molar-refractivity contribution in [3.8, 4) is 0 Å². The zero-order chi connectivity index (χ0) is 9.42. The second kappa shape index (κ2) is 3.29. The third-order valence-corrected chi connectivity index (χ3v) is 3.43. The van der Waals surface area contributed by atoms with E-state index >= 15 is 0 Å². The Morgan fingerprint density at radius 3 is 3.08 bits per heavy atom. The second-order valence-electron chi connectivity index (χ2n) is 4.23. The maximum absolute atomic E-state index is 11.4. The van der Waals surface area contributed by atoms with Crippen molar-refractivity contribution in [3.63, 3.8) is 0 Å². The Kier molecular flexibility index (Phi) is 2.28. The molecule has 0 saturated carbocycles. The Bertz CT molecular complexity index is 217. The molecule has 74 valence electrons. The normalized spacial score (nSPS) is 39.4. The van der Waals surface area contributed by atoms with Crippen LogP contribution in [0.25, 0.3) is 0 Å². The van der Waals surface area contributed by atoms with Crippen molar-refractivity contribution in [1.82, 2.24) is 4.90 Å². The highest BCUT2D eigenvalue weighted by Gasteiger charge is 2.40. The predicted molar refractivity (Wildman–Crippen MR) is 49.1 cm³/mol. The van der Waals surface area contributed by atoms with Crippen LogP contribution in [0.2, 0.25) is 0 Å². The standard InChI is InChI=1S/C10H17NO2/c1-2-7-5-9(12)8-3-4-10(13)11(8)6-7/h7-9,12H,2-6H2,1H3. The molecule has 2 heterocycles. The van der Waals surface area contributed by atoms with Crippen LogP contribution < -0.4 is 0 Å². The van der Waals surface area contributed by atoms with Gasteiger partial charge in [0, 0.05) is 13.0 Å². The number of aliphatic hydroxyl groups excluding tert-OH is 1. The van der Waals surface area contributed by atoms with E-state index in [2.05, 4.69) is 6.92 Å². The van der Waals surface area contributed by atoms with Gasteiger partial charge in [-0.05, 0) is 18.8 Å². The van der Waals surface area contributed by atoms with Crippen LogP contribution in [-0.4, -0.2) is 34.6 Å². The Morgan fingerprint density at radius 2 is 2.38 bits per heavy atom. The fraction of sp³-hybridized carbons (Fsp3) is 0.900. The van der Waals surface area contributed by atoms with Crippen LogP contribution in [0.3, 0.4) is 0 Å². The molecule has 2 aliphatic rings. The molecular weight excluding hydrogens is 166 g/mol. The maximum atomic E-state index is 11.4. The number of aliphatic hydroxyl groups is 1. The van der Waals surface area contributed by atoms with E-state index in [1.165, 1.54) is 0 Å². The number of fused-ring (bicyclic) bond motifs is 1. The van der Waals surface area contributed by atoms with E-state index in [1.807, 2.05) is 4.90 Å². The lowest BCUT2D eigenvalue weighted by Gasteiger charge is -2.38. The van der Waals surface area contributed by atoms with Gasteiger partial charge in [-0.1, -0.05) is 13.3 Å². The van der Waals surface area contributed by atoms with E-state index in [4.69, 9.17) is 0 Å². The molecule has 0 aromatic heterocycles. The number of carbonyl (C=O) groups is 1. The maximum Gasteiger partial charge on any atom is 0.222 e. The topological polar surface area (TPSA) is 40.5 Å². The van der Waals surface area contributed by atoms with Crippen molar-refractivity contribution < 1.29 is 9.90 Å². The highest BCUT2D eigenvalue weighted by Crippen LogP contribution is 2.31. The van der Waals surface area contributed by atoms with Crippen LogP contribution in [0.5, 0.6) is 0 Å². The van der Waals surface area contributed by atoms with Crippen molar-refractivity contribution in [3.05, 3.63) is 0 Å². The number of amides is 1. The molecule has 3 unspecified atom stereocenters. The first-order valence-corrected chi connectivity index (χ1v) is 5.20. The molecule has 2 saturated heterocycles. The number of hydrogen-bond donors (Lipinski definition) is 1. The Labute approximate surface area is 78.7 Å². The molecule has 0 aromatic rings. The zero-order valence-electron chi connectivity index (χ0n) is 8.07. The molecular formula is C10H17NO2. The van der Waals surface area contributed by atoms with Crippen molar-refractivity contribution >= 4 is 5.91 Å². The molecule has 2 fully saturated rings. The molecule has 0 aliphatic carbocycles. The highest BCUT2D eigenvalue weighted by molar-refractivity contribution is 5.79. The van der Waals surface area contributed by atoms with Gasteiger partial charge < -0.3 is 10.0 Å². The minimum absolute atomic E-state index is 0.135. The van der Waals surface area contributed by atoms with E-state index in [0.717, 1.165) is 25.8 Å². The minimum Gasteiger partial charge on any atom is -0.391 e. The molecule has 3 heteroatoms. The summed E-state index contributed by atoms with van der Waals surface area (Å²) in [5.74, 6) is 0.746. The molecule has 1 N–H and O–H groups in total. The van der Waals surface area contributed by atoms with E-state index in [1.54, 1.807) is 0 Å². The second-order valence-corrected chi connectivity index (χ2v) is 4.23. The molecule has 2 rings (SSSR count). The van der Waals surface area contributed by atoms with Gasteiger partial charge >= 0.3 is 0 Å². The smallest absolute Gasteiger partial charge is 0.222 e. The largest absolute Gasteiger partial charge is 0.391 e. The van der Waals surface area contributed by atoms with Crippen LogP contribution in [0.1, 0.15) is 32.6 Å². The first kappa shape index (κ1) is 9.00. The fourth-order valence-corrected chi connectivity index (χ4v) is 2.54. The van der Waals surface area contributed by atoms with Crippen LogP contribution in [0, 0.1) is 5.92 Å². The molecule has 0 bridgehead atoms. The SMILES string of the molecule is CCC1CC(O)C2CCC(=O)N2C1. The van der Waals surface area contributed by atoms with E-state index in [-0.39, 0.29) is 18.1 Å². The van der Waals surface area contributed by atoms with Crippen LogP contribution >= 0.6 is 0 Å². The minimum atomic E-state index is -0.273. The van der Waals surface area contributed by atoms with Gasteiger partial charge in [0.1, 0.15) is 0 Å². The van der Waals surface area contributed by atoms with Gasteiger partial charge in [-0.2, -0.15) is 0 Å². The summed E-state index contributed by atoms with van der Waals surface area (Å²) in [6.07, 6.45) is 3.16. The first-order valence-electron chi connectivity index (χ1n) is 5.20. The Hall–Kier alpha value is -0.570. The summed E-state index contributed by atoms with van der Waals surface area (Å²) in [5, 5.41) is 9.80. The summed E-state index contributed by atoms with van der Waals surface area (Å²) < 4.78 is 0. The molecule has 1 amide bonds. The van der Waals surface area contributed by atoms with Gasteiger partial charge in [0.25, 0.3) is 0 Å². The lowest BCUT2D eigenvalue weighted by molar-refractivity contribution is -0.133. The zero-order valence-corrected chi connectivity index (χ0v) is 8.07. The number of nitrogens with zero attached hydrogens (tertiary/aromatic N) is 1. The van der Waals surface area contributed by atoms with Crippen molar-refractivity contribution in [2.24, 2.45) is 5.92 Å². The van der Waals surface area contributed by atoms with Gasteiger partial charge in [-0.15, -0.1) is 0 Å². The van der Waals surface area contributed by atoms with Gasteiger partial charge in [0.15, 0.2) is 0 Å². The molecule has 3 atom stereocenters. The monoisotopic (exact) mass is 183 g/mol. The molecule has 2 aliphatic heterocycles. The molecule has 0 aromatic carbocycles. The lowest BCUT2D eigenvalue weighted by Crippen LogP contribution is -2.49. The Morgan fingerprint density at radius 1 is 1.62 bits per heavy atom. The fourth-order valence-electron chi connectivity index (χ4n) is 2.54. The molecule has 3 nitrogen and oxygen atoms in total. The number of hydrogen-bond acceptors (Lipinski definition) is 2. The van der Waals surface area contributed by atoms with Gasteiger partial charge in [-0.25, -0.2) is 0 Å². The average Bonchev–Trinajstić information content (AvgIpc) is 2.48. The molecule has 0 radical (unpaired) electrons. The van der Waals surface area contributed by atoms with Gasteiger partial charge in [0.2, 0.25) is 5.91 Å². The van der Waals surface area contributed by atoms with E-state index in [0.29, 0.717) is 12.3 Å². The number of carbonyl (C=O) groups excluding carboxylic acids is 1.